The van der Waals surface area contributed by atoms with E-state index in [9.17, 15) is 14.4 Å². The molecule has 2 heterocycles. The summed E-state index contributed by atoms with van der Waals surface area (Å²) >= 11 is 8.55. The van der Waals surface area contributed by atoms with Crippen LogP contribution in [0, 0.1) is 3.77 Å². The number of urea groups is 1. The summed E-state index contributed by atoms with van der Waals surface area (Å²) in [5, 5.41) is 2.16. The van der Waals surface area contributed by atoms with Crippen molar-refractivity contribution in [1.29, 1.82) is 0 Å². The Labute approximate surface area is 166 Å². The highest BCUT2D eigenvalue weighted by molar-refractivity contribution is 14.1. The van der Waals surface area contributed by atoms with Gasteiger partial charge in [-0.25, -0.2) is 9.69 Å². The van der Waals surface area contributed by atoms with Crippen LogP contribution in [0.15, 0.2) is 49.3 Å². The van der Waals surface area contributed by atoms with Crippen LogP contribution in [0.1, 0.15) is 5.76 Å². The van der Waals surface area contributed by atoms with Gasteiger partial charge in [0.15, 0.2) is 3.77 Å². The summed E-state index contributed by atoms with van der Waals surface area (Å²) in [6.45, 7) is 0. The van der Waals surface area contributed by atoms with Gasteiger partial charge < -0.3 is 4.42 Å². The maximum Gasteiger partial charge on any atom is 0.335 e. The van der Waals surface area contributed by atoms with Crippen molar-refractivity contribution in [3.05, 3.63) is 54.4 Å². The van der Waals surface area contributed by atoms with Crippen molar-refractivity contribution in [3.8, 4) is 0 Å². The number of halogens is 3. The topological polar surface area (TPSA) is 79.6 Å². The van der Waals surface area contributed by atoms with Crippen molar-refractivity contribution in [2.45, 2.75) is 0 Å². The predicted octanol–water partition coefficient (Wildman–Crippen LogP) is 4.08. The van der Waals surface area contributed by atoms with Gasteiger partial charge in [-0.05, 0) is 46.3 Å². The zero-order chi connectivity index (χ0) is 17.4. The Bertz CT molecular complexity index is 887. The number of amides is 4. The lowest BCUT2D eigenvalue weighted by Gasteiger charge is -2.26. The summed E-state index contributed by atoms with van der Waals surface area (Å²) < 4.78 is 7.42. The molecule has 0 spiro atoms. The maximum absolute atomic E-state index is 12.7. The first-order valence-electron chi connectivity index (χ1n) is 6.48. The molecule has 0 saturated carbocycles. The number of barbiturate groups is 1. The van der Waals surface area contributed by atoms with Crippen LogP contribution in [0.3, 0.4) is 0 Å². The molecule has 1 aliphatic rings. The number of hydrogen-bond acceptors (Lipinski definition) is 4. The van der Waals surface area contributed by atoms with Gasteiger partial charge in [0.25, 0.3) is 11.8 Å². The van der Waals surface area contributed by atoms with Crippen molar-refractivity contribution in [1.82, 2.24) is 5.32 Å². The molecule has 0 radical (unpaired) electrons. The van der Waals surface area contributed by atoms with Gasteiger partial charge in [0.2, 0.25) is 0 Å². The van der Waals surface area contributed by atoms with Gasteiger partial charge in [-0.15, -0.1) is 0 Å². The summed E-state index contributed by atoms with van der Waals surface area (Å²) in [6.07, 6.45) is 1.31. The lowest BCUT2D eigenvalue weighted by Crippen LogP contribution is -2.54. The summed E-state index contributed by atoms with van der Waals surface area (Å²) in [4.78, 5) is 37.7. The van der Waals surface area contributed by atoms with Gasteiger partial charge in [-0.2, -0.15) is 0 Å². The molecule has 0 atom stereocenters. The lowest BCUT2D eigenvalue weighted by atomic mass is 10.1. The minimum Gasteiger partial charge on any atom is -0.450 e. The number of rotatable bonds is 2. The molecule has 1 aromatic heterocycles. The second-order valence-electron chi connectivity index (χ2n) is 4.71. The SMILES string of the molecule is O=C1NC(=O)N(c2cccc(Br)c2)C(=O)/C1=C/c1cc(Br)c(I)o1. The quantitative estimate of drug-likeness (QED) is 0.338. The van der Waals surface area contributed by atoms with Crippen molar-refractivity contribution in [3.63, 3.8) is 0 Å². The Hall–Kier alpha value is -1.46. The smallest absolute Gasteiger partial charge is 0.335 e. The summed E-state index contributed by atoms with van der Waals surface area (Å²) in [7, 11) is 0. The number of carbonyl (C=O) groups excluding carboxylic acids is 3. The summed E-state index contributed by atoms with van der Waals surface area (Å²) in [6, 6.07) is 7.50. The molecule has 3 rings (SSSR count). The van der Waals surface area contributed by atoms with Gasteiger partial charge in [0, 0.05) is 27.1 Å². The van der Waals surface area contributed by atoms with Crippen LogP contribution in [-0.2, 0) is 9.59 Å². The van der Waals surface area contributed by atoms with E-state index in [1.165, 1.54) is 6.08 Å². The van der Waals surface area contributed by atoms with E-state index in [-0.39, 0.29) is 5.57 Å². The zero-order valence-electron chi connectivity index (χ0n) is 11.7. The molecule has 1 aromatic carbocycles. The second-order valence-corrected chi connectivity index (χ2v) is 7.46. The number of benzene rings is 1. The van der Waals surface area contributed by atoms with E-state index in [1.54, 1.807) is 30.3 Å². The maximum atomic E-state index is 12.7. The number of nitrogens with zero attached hydrogens (tertiary/aromatic N) is 1. The predicted molar refractivity (Wildman–Crippen MR) is 102 cm³/mol. The fraction of sp³-hybridized carbons (Fsp3) is 0. The van der Waals surface area contributed by atoms with Crippen molar-refractivity contribution < 1.29 is 18.8 Å². The molecule has 122 valence electrons. The van der Waals surface area contributed by atoms with E-state index >= 15 is 0 Å². The minimum absolute atomic E-state index is 0.188. The molecule has 0 unspecified atom stereocenters. The fourth-order valence-corrected chi connectivity index (χ4v) is 3.19. The molecule has 24 heavy (non-hydrogen) atoms. The van der Waals surface area contributed by atoms with Gasteiger partial charge in [0.05, 0.1) is 10.2 Å². The number of nitrogens with one attached hydrogen (secondary N) is 1. The molecule has 9 heteroatoms. The summed E-state index contributed by atoms with van der Waals surface area (Å²) in [5.41, 5.74) is 0.160. The Morgan fingerprint density at radius 2 is 1.92 bits per heavy atom. The Balaban J connectivity index is 2.03. The van der Waals surface area contributed by atoms with Crippen molar-refractivity contribution >= 4 is 84.1 Å². The van der Waals surface area contributed by atoms with Gasteiger partial charge in [0.1, 0.15) is 11.3 Å². The first kappa shape index (κ1) is 17.4. The fourth-order valence-electron chi connectivity index (χ4n) is 2.08. The lowest BCUT2D eigenvalue weighted by molar-refractivity contribution is -0.122. The van der Waals surface area contributed by atoms with Gasteiger partial charge >= 0.3 is 6.03 Å². The molecule has 0 aliphatic carbocycles. The van der Waals surface area contributed by atoms with Crippen molar-refractivity contribution in [2.24, 2.45) is 0 Å². The van der Waals surface area contributed by atoms with E-state index in [0.717, 1.165) is 4.90 Å². The molecule has 1 aliphatic heterocycles. The Morgan fingerprint density at radius 1 is 1.17 bits per heavy atom. The van der Waals surface area contributed by atoms with Gasteiger partial charge in [-0.1, -0.05) is 22.0 Å². The monoisotopic (exact) mass is 564 g/mol. The normalized spacial score (nSPS) is 16.7. The van der Waals surface area contributed by atoms with E-state index in [1.807, 2.05) is 22.6 Å². The van der Waals surface area contributed by atoms with Crippen LogP contribution in [0.4, 0.5) is 10.5 Å². The van der Waals surface area contributed by atoms with Crippen molar-refractivity contribution in [2.75, 3.05) is 4.90 Å². The highest BCUT2D eigenvalue weighted by Crippen LogP contribution is 2.27. The first-order chi connectivity index (χ1) is 11.4. The van der Waals surface area contributed by atoms with Crippen LogP contribution < -0.4 is 10.2 Å². The number of carbonyl (C=O) groups is 3. The largest absolute Gasteiger partial charge is 0.450 e. The number of imide groups is 2. The zero-order valence-corrected chi connectivity index (χ0v) is 17.0. The third kappa shape index (κ3) is 3.33. The van der Waals surface area contributed by atoms with E-state index < -0.39 is 17.8 Å². The second kappa shape index (κ2) is 6.81. The average molecular weight is 566 g/mol. The van der Waals surface area contributed by atoms with Crippen LogP contribution >= 0.6 is 54.5 Å². The number of anilines is 1. The number of furan rings is 1. The highest BCUT2D eigenvalue weighted by atomic mass is 127. The number of hydrogen-bond donors (Lipinski definition) is 1. The molecule has 0 bridgehead atoms. The highest BCUT2D eigenvalue weighted by Gasteiger charge is 2.37. The molecule has 2 aromatic rings. The molecule has 1 fully saturated rings. The molecule has 1 saturated heterocycles. The summed E-state index contributed by atoms with van der Waals surface area (Å²) in [5.74, 6) is -1.16. The van der Waals surface area contributed by atoms with E-state index in [0.29, 0.717) is 24.2 Å². The van der Waals surface area contributed by atoms with Crippen LogP contribution in [0.25, 0.3) is 6.08 Å². The minimum atomic E-state index is -0.796. The average Bonchev–Trinajstić information content (AvgIpc) is 2.82. The van der Waals surface area contributed by atoms with Gasteiger partial charge in [-0.3, -0.25) is 14.9 Å². The Kier molecular flexibility index (Phi) is 4.92. The third-order valence-corrected chi connectivity index (χ3v) is 5.74. The van der Waals surface area contributed by atoms with E-state index in [2.05, 4.69) is 37.2 Å². The van der Waals surface area contributed by atoms with E-state index in [4.69, 9.17) is 4.42 Å². The Morgan fingerprint density at radius 3 is 2.54 bits per heavy atom. The molecular formula is C15H7Br2IN2O4. The molecule has 4 amide bonds. The van der Waals surface area contributed by atoms with Crippen LogP contribution in [0.2, 0.25) is 0 Å². The first-order valence-corrected chi connectivity index (χ1v) is 9.15. The molecule has 6 nitrogen and oxygen atoms in total. The van der Waals surface area contributed by atoms with Crippen LogP contribution in [-0.4, -0.2) is 17.8 Å². The van der Waals surface area contributed by atoms with Crippen LogP contribution in [0.5, 0.6) is 0 Å². The molecule has 1 N–H and O–H groups in total. The standard InChI is InChI=1S/C15H7Br2IN2O4/c16-7-2-1-3-8(4-7)20-14(22)10(13(21)19-15(20)23)5-9-6-11(17)12(18)24-9/h1-6H,(H,19,21,23)/b10-5+. The third-order valence-electron chi connectivity index (χ3n) is 3.12. The molecular weight excluding hydrogens is 559 g/mol.